The summed E-state index contributed by atoms with van der Waals surface area (Å²) in [6, 6.07) is 11.8. The molecule has 0 bridgehead atoms. The molecule has 25 heavy (non-hydrogen) atoms. The van der Waals surface area contributed by atoms with Crippen LogP contribution in [0.4, 0.5) is 11.4 Å². The van der Waals surface area contributed by atoms with Gasteiger partial charge in [0.2, 0.25) is 11.8 Å². The van der Waals surface area contributed by atoms with Crippen molar-refractivity contribution in [1.29, 1.82) is 0 Å². The molecular weight excluding hydrogens is 380 g/mol. The minimum atomic E-state index is -0.337. The van der Waals surface area contributed by atoms with Gasteiger partial charge in [0.1, 0.15) is 0 Å². The Labute approximate surface area is 156 Å². The van der Waals surface area contributed by atoms with Gasteiger partial charge < -0.3 is 10.2 Å². The van der Waals surface area contributed by atoms with E-state index in [-0.39, 0.29) is 24.2 Å². The van der Waals surface area contributed by atoms with E-state index >= 15 is 0 Å². The van der Waals surface area contributed by atoms with E-state index in [1.807, 2.05) is 51.1 Å². The molecule has 130 valence electrons. The standard InChI is InChI=1S/C20H21BrN2O2/c1-12-6-13(2)8-17(7-12)23-11-15(10-19(23)24)20(25)22-18-5-4-16(21)9-14(18)3/h4-9,15H,10-11H2,1-3H3,(H,22,25)/t15-/m1/s1. The van der Waals surface area contributed by atoms with Gasteiger partial charge in [-0.15, -0.1) is 0 Å². The number of benzene rings is 2. The van der Waals surface area contributed by atoms with Crippen molar-refractivity contribution in [1.82, 2.24) is 0 Å². The highest BCUT2D eigenvalue weighted by Gasteiger charge is 2.35. The van der Waals surface area contributed by atoms with Gasteiger partial charge in [-0.05, 0) is 67.8 Å². The summed E-state index contributed by atoms with van der Waals surface area (Å²) >= 11 is 3.42. The van der Waals surface area contributed by atoms with Crippen molar-refractivity contribution in [2.45, 2.75) is 27.2 Å². The van der Waals surface area contributed by atoms with Crippen molar-refractivity contribution in [2.24, 2.45) is 5.92 Å². The molecule has 5 heteroatoms. The van der Waals surface area contributed by atoms with E-state index in [9.17, 15) is 9.59 Å². The Balaban J connectivity index is 1.74. The van der Waals surface area contributed by atoms with E-state index in [4.69, 9.17) is 0 Å². The van der Waals surface area contributed by atoms with Crippen LogP contribution in [0.3, 0.4) is 0 Å². The predicted octanol–water partition coefficient (Wildman–Crippen LogP) is 4.37. The molecule has 0 saturated carbocycles. The zero-order chi connectivity index (χ0) is 18.1. The van der Waals surface area contributed by atoms with Crippen LogP contribution in [0.2, 0.25) is 0 Å². The van der Waals surface area contributed by atoms with Crippen LogP contribution in [0.15, 0.2) is 40.9 Å². The Morgan fingerprint density at radius 2 is 1.80 bits per heavy atom. The van der Waals surface area contributed by atoms with Crippen LogP contribution in [0.1, 0.15) is 23.1 Å². The molecular formula is C20H21BrN2O2. The van der Waals surface area contributed by atoms with Gasteiger partial charge in [-0.25, -0.2) is 0 Å². The molecule has 1 atom stereocenters. The molecule has 2 aromatic rings. The fraction of sp³-hybridized carbons (Fsp3) is 0.300. The first-order valence-electron chi connectivity index (χ1n) is 8.29. The Morgan fingerprint density at radius 1 is 1.12 bits per heavy atom. The Hall–Kier alpha value is -2.14. The van der Waals surface area contributed by atoms with Crippen molar-refractivity contribution < 1.29 is 9.59 Å². The monoisotopic (exact) mass is 400 g/mol. The predicted molar refractivity (Wildman–Crippen MR) is 104 cm³/mol. The summed E-state index contributed by atoms with van der Waals surface area (Å²) in [5.74, 6) is -0.445. The van der Waals surface area contributed by atoms with Crippen LogP contribution in [-0.2, 0) is 9.59 Å². The van der Waals surface area contributed by atoms with Gasteiger partial charge in [0.25, 0.3) is 0 Å². The number of anilines is 2. The van der Waals surface area contributed by atoms with Gasteiger partial charge >= 0.3 is 0 Å². The molecule has 1 fully saturated rings. The first kappa shape index (κ1) is 17.7. The molecule has 3 rings (SSSR count). The first-order valence-corrected chi connectivity index (χ1v) is 9.08. The minimum absolute atomic E-state index is 0.00215. The van der Waals surface area contributed by atoms with E-state index in [0.29, 0.717) is 6.54 Å². The number of nitrogens with one attached hydrogen (secondary N) is 1. The van der Waals surface area contributed by atoms with Gasteiger partial charge in [-0.3, -0.25) is 9.59 Å². The van der Waals surface area contributed by atoms with Crippen LogP contribution in [0.5, 0.6) is 0 Å². The number of carbonyl (C=O) groups is 2. The number of aryl methyl sites for hydroxylation is 3. The number of rotatable bonds is 3. The maximum Gasteiger partial charge on any atom is 0.229 e. The van der Waals surface area contributed by atoms with Gasteiger partial charge in [-0.1, -0.05) is 22.0 Å². The lowest BCUT2D eigenvalue weighted by Crippen LogP contribution is -2.28. The Morgan fingerprint density at radius 3 is 2.44 bits per heavy atom. The van der Waals surface area contributed by atoms with Crippen molar-refractivity contribution in [3.8, 4) is 0 Å². The third-order valence-corrected chi connectivity index (χ3v) is 4.95. The second-order valence-corrected chi connectivity index (χ2v) is 7.62. The Kier molecular flexibility index (Phi) is 4.95. The average Bonchev–Trinajstić information content (AvgIpc) is 2.91. The van der Waals surface area contributed by atoms with Crippen molar-refractivity contribution in [2.75, 3.05) is 16.8 Å². The summed E-state index contributed by atoms with van der Waals surface area (Å²) in [6.45, 7) is 6.39. The SMILES string of the molecule is Cc1cc(C)cc(N2C[C@H](C(=O)Nc3ccc(Br)cc3C)CC2=O)c1. The maximum atomic E-state index is 12.6. The molecule has 0 spiro atoms. The molecule has 1 heterocycles. The van der Waals surface area contributed by atoms with Gasteiger partial charge in [0, 0.05) is 28.8 Å². The maximum absolute atomic E-state index is 12.6. The largest absolute Gasteiger partial charge is 0.326 e. The molecule has 1 aliphatic heterocycles. The van der Waals surface area contributed by atoms with Crippen LogP contribution in [-0.4, -0.2) is 18.4 Å². The van der Waals surface area contributed by atoms with E-state index in [2.05, 4.69) is 27.3 Å². The van der Waals surface area contributed by atoms with Gasteiger partial charge in [0.15, 0.2) is 0 Å². The second kappa shape index (κ2) is 7.00. The third-order valence-electron chi connectivity index (χ3n) is 4.46. The summed E-state index contributed by atoms with van der Waals surface area (Å²) in [6.07, 6.45) is 0.244. The van der Waals surface area contributed by atoms with Crippen LogP contribution >= 0.6 is 15.9 Å². The minimum Gasteiger partial charge on any atom is -0.326 e. The summed E-state index contributed by atoms with van der Waals surface area (Å²) in [5, 5.41) is 2.96. The van der Waals surface area contributed by atoms with Crippen LogP contribution in [0.25, 0.3) is 0 Å². The third kappa shape index (κ3) is 3.93. The molecule has 2 amide bonds. The normalized spacial score (nSPS) is 17.0. The van der Waals surface area contributed by atoms with Crippen molar-refractivity contribution >= 4 is 39.1 Å². The lowest BCUT2D eigenvalue weighted by atomic mass is 10.1. The highest BCUT2D eigenvalue weighted by atomic mass is 79.9. The molecule has 1 N–H and O–H groups in total. The molecule has 2 aromatic carbocycles. The summed E-state index contributed by atoms with van der Waals surface area (Å²) in [5.41, 5.74) is 4.86. The summed E-state index contributed by atoms with van der Waals surface area (Å²) in [7, 11) is 0. The van der Waals surface area contributed by atoms with Crippen LogP contribution in [0, 0.1) is 26.7 Å². The Bertz CT molecular complexity index is 827. The molecule has 1 saturated heterocycles. The number of carbonyl (C=O) groups excluding carboxylic acids is 2. The fourth-order valence-corrected chi connectivity index (χ4v) is 3.72. The van der Waals surface area contributed by atoms with E-state index in [0.717, 1.165) is 32.5 Å². The fourth-order valence-electron chi connectivity index (χ4n) is 3.24. The molecule has 0 aromatic heterocycles. The zero-order valence-electron chi connectivity index (χ0n) is 14.6. The first-order chi connectivity index (χ1) is 11.8. The van der Waals surface area contributed by atoms with Crippen LogP contribution < -0.4 is 10.2 Å². The molecule has 0 radical (unpaired) electrons. The van der Waals surface area contributed by atoms with E-state index in [1.165, 1.54) is 0 Å². The zero-order valence-corrected chi connectivity index (χ0v) is 16.2. The molecule has 0 unspecified atom stereocenters. The highest BCUT2D eigenvalue weighted by Crippen LogP contribution is 2.28. The summed E-state index contributed by atoms with van der Waals surface area (Å²) < 4.78 is 0.972. The van der Waals surface area contributed by atoms with E-state index in [1.54, 1.807) is 4.90 Å². The molecule has 0 aliphatic carbocycles. The summed E-state index contributed by atoms with van der Waals surface area (Å²) in [4.78, 5) is 26.7. The number of hydrogen-bond acceptors (Lipinski definition) is 2. The topological polar surface area (TPSA) is 49.4 Å². The average molecular weight is 401 g/mol. The number of amides is 2. The quantitative estimate of drug-likeness (QED) is 0.831. The lowest BCUT2D eigenvalue weighted by Gasteiger charge is -2.18. The molecule has 4 nitrogen and oxygen atoms in total. The number of nitrogens with zero attached hydrogens (tertiary/aromatic N) is 1. The lowest BCUT2D eigenvalue weighted by molar-refractivity contribution is -0.122. The van der Waals surface area contributed by atoms with Crippen molar-refractivity contribution in [3.05, 3.63) is 57.6 Å². The molecule has 1 aliphatic rings. The second-order valence-electron chi connectivity index (χ2n) is 6.70. The number of hydrogen-bond donors (Lipinski definition) is 1. The number of halogens is 1. The van der Waals surface area contributed by atoms with Gasteiger partial charge in [-0.2, -0.15) is 0 Å². The smallest absolute Gasteiger partial charge is 0.229 e. The van der Waals surface area contributed by atoms with Gasteiger partial charge in [0.05, 0.1) is 5.92 Å². The van der Waals surface area contributed by atoms with Crippen molar-refractivity contribution in [3.63, 3.8) is 0 Å². The van der Waals surface area contributed by atoms with E-state index < -0.39 is 0 Å². The highest BCUT2D eigenvalue weighted by molar-refractivity contribution is 9.10.